The second kappa shape index (κ2) is 10.1. The van der Waals surface area contributed by atoms with E-state index in [2.05, 4.69) is 17.3 Å². The quantitative estimate of drug-likeness (QED) is 0.469. The second-order valence-corrected chi connectivity index (χ2v) is 10.7. The summed E-state index contributed by atoms with van der Waals surface area (Å²) in [5.74, 6) is 3.74. The third-order valence-corrected chi connectivity index (χ3v) is 7.72. The van der Waals surface area contributed by atoms with Gasteiger partial charge in [0.2, 0.25) is 0 Å². The summed E-state index contributed by atoms with van der Waals surface area (Å²) in [6, 6.07) is 4.12. The molecule has 2 heterocycles. The largest absolute Gasteiger partial charge is 0.444 e. The zero-order chi connectivity index (χ0) is 24.2. The predicted molar refractivity (Wildman–Crippen MR) is 117 cm³/mol. The molecule has 9 nitrogen and oxygen atoms in total. The molecule has 2 saturated heterocycles. The molecule has 0 radical (unpaired) electrons. The number of rotatable bonds is 7. The summed E-state index contributed by atoms with van der Waals surface area (Å²) in [4.78, 5) is 31.7. The van der Waals surface area contributed by atoms with Gasteiger partial charge in [0.25, 0.3) is 5.91 Å². The molecule has 1 N–H and O–H groups in total. The number of carbonyl (C=O) groups is 2. The van der Waals surface area contributed by atoms with E-state index in [0.29, 0.717) is 13.0 Å². The van der Waals surface area contributed by atoms with E-state index >= 15 is 0 Å². The third-order valence-electron chi connectivity index (χ3n) is 5.73. The number of sulfone groups is 1. The predicted octanol–water partition coefficient (Wildman–Crippen LogP) is 2.29. The molecule has 0 bridgehead atoms. The molecule has 33 heavy (non-hydrogen) atoms. The highest BCUT2D eigenvalue weighted by atomic mass is 32.2. The zero-order valence-corrected chi connectivity index (χ0v) is 19.5. The third kappa shape index (κ3) is 5.63. The number of nitrogens with one attached hydrogen (secondary N) is 1. The first kappa shape index (κ1) is 25.0. The van der Waals surface area contributed by atoms with E-state index in [1.807, 2.05) is 0 Å². The van der Waals surface area contributed by atoms with Crippen molar-refractivity contribution >= 4 is 27.5 Å². The standard InChI is InChI=1S/C22H27FN2O7S/c1-4-7-15-9-10-16(12-18(15)23)25-14-17(31-21(25)27)13-22(2,33(3,28)29)20(26)24-32-19-8-5-6-11-30-19/h9-10,12,17,19H,5-6,8,11,13-14H2,1-3H3,(H,24,26)/t17-,19?,22+/m0/s1. The minimum atomic E-state index is -3.94. The average Bonchev–Trinajstić information content (AvgIpc) is 3.13. The first-order chi connectivity index (χ1) is 15.5. The number of benzene rings is 1. The summed E-state index contributed by atoms with van der Waals surface area (Å²) in [6.45, 7) is 3.27. The first-order valence-electron chi connectivity index (χ1n) is 10.5. The average molecular weight is 483 g/mol. The van der Waals surface area contributed by atoms with Crippen molar-refractivity contribution < 1.29 is 36.7 Å². The van der Waals surface area contributed by atoms with E-state index in [0.717, 1.165) is 25.2 Å². The number of halogens is 1. The van der Waals surface area contributed by atoms with Crippen molar-refractivity contribution in [1.82, 2.24) is 5.48 Å². The molecule has 1 unspecified atom stereocenters. The van der Waals surface area contributed by atoms with E-state index < -0.39 is 44.8 Å². The molecule has 2 aliphatic heterocycles. The number of hydrogen-bond acceptors (Lipinski definition) is 7. The Kier molecular flexibility index (Phi) is 7.62. The lowest BCUT2D eigenvalue weighted by atomic mass is 10.0. The van der Waals surface area contributed by atoms with Crippen molar-refractivity contribution in [3.63, 3.8) is 0 Å². The van der Waals surface area contributed by atoms with Gasteiger partial charge in [-0.25, -0.2) is 27.9 Å². The summed E-state index contributed by atoms with van der Waals surface area (Å²) in [7, 11) is -3.94. The van der Waals surface area contributed by atoms with Crippen molar-refractivity contribution in [3.8, 4) is 11.8 Å². The van der Waals surface area contributed by atoms with Crippen LogP contribution < -0.4 is 10.4 Å². The summed E-state index contributed by atoms with van der Waals surface area (Å²) in [5, 5.41) is 0. The summed E-state index contributed by atoms with van der Waals surface area (Å²) < 4.78 is 48.1. The van der Waals surface area contributed by atoms with E-state index in [4.69, 9.17) is 14.3 Å². The molecule has 1 aromatic carbocycles. The number of amides is 2. The number of anilines is 1. The number of hydroxylamine groups is 1. The number of hydrogen-bond donors (Lipinski definition) is 1. The first-order valence-corrected chi connectivity index (χ1v) is 12.4. The Morgan fingerprint density at radius 3 is 2.76 bits per heavy atom. The van der Waals surface area contributed by atoms with Crippen LogP contribution in [0.1, 0.15) is 45.1 Å². The minimum Gasteiger partial charge on any atom is -0.444 e. The SMILES string of the molecule is CC#Cc1ccc(N2C[C@H](C[C@](C)(C(=O)NOC3CCCCO3)S(C)(=O)=O)OC2=O)cc1F. The van der Waals surface area contributed by atoms with Crippen molar-refractivity contribution in [2.75, 3.05) is 24.3 Å². The van der Waals surface area contributed by atoms with Crippen molar-refractivity contribution in [2.45, 2.75) is 56.7 Å². The molecule has 0 saturated carbocycles. The Labute approximate surface area is 192 Å². The van der Waals surface area contributed by atoms with Gasteiger partial charge in [0.15, 0.2) is 20.9 Å². The lowest BCUT2D eigenvalue weighted by Gasteiger charge is -2.29. The van der Waals surface area contributed by atoms with Crippen LogP contribution in [0.5, 0.6) is 0 Å². The normalized spacial score (nSPS) is 22.7. The van der Waals surface area contributed by atoms with Gasteiger partial charge < -0.3 is 9.47 Å². The van der Waals surface area contributed by atoms with Gasteiger partial charge in [-0.3, -0.25) is 9.69 Å². The van der Waals surface area contributed by atoms with Crippen LogP contribution >= 0.6 is 0 Å². The molecule has 11 heteroatoms. The summed E-state index contributed by atoms with van der Waals surface area (Å²) in [6.07, 6.45) is 0.606. The second-order valence-electron chi connectivity index (χ2n) is 8.21. The van der Waals surface area contributed by atoms with Gasteiger partial charge in [-0.05, 0) is 44.9 Å². The van der Waals surface area contributed by atoms with Crippen molar-refractivity contribution in [3.05, 3.63) is 29.6 Å². The molecule has 3 atom stereocenters. The molecule has 0 spiro atoms. The van der Waals surface area contributed by atoms with Crippen molar-refractivity contribution in [2.24, 2.45) is 0 Å². The van der Waals surface area contributed by atoms with Gasteiger partial charge in [0.1, 0.15) is 11.9 Å². The highest BCUT2D eigenvalue weighted by Crippen LogP contribution is 2.31. The maximum absolute atomic E-state index is 14.2. The zero-order valence-electron chi connectivity index (χ0n) is 18.7. The van der Waals surface area contributed by atoms with E-state index in [-0.39, 0.29) is 24.2 Å². The van der Waals surface area contributed by atoms with E-state index in [1.54, 1.807) is 6.92 Å². The smallest absolute Gasteiger partial charge is 0.414 e. The molecule has 2 fully saturated rings. The van der Waals surface area contributed by atoms with Crippen LogP contribution in [0.15, 0.2) is 18.2 Å². The number of ether oxygens (including phenoxy) is 2. The van der Waals surface area contributed by atoms with Crippen LogP contribution in [0.2, 0.25) is 0 Å². The lowest BCUT2D eigenvalue weighted by molar-refractivity contribution is -0.201. The molecular weight excluding hydrogens is 455 g/mol. The molecule has 180 valence electrons. The van der Waals surface area contributed by atoms with Crippen LogP contribution in [0.3, 0.4) is 0 Å². The minimum absolute atomic E-state index is 0.0535. The van der Waals surface area contributed by atoms with Gasteiger partial charge in [-0.2, -0.15) is 0 Å². The molecule has 2 aliphatic rings. The highest BCUT2D eigenvalue weighted by Gasteiger charge is 2.49. The molecule has 3 rings (SSSR count). The van der Waals surface area contributed by atoms with Gasteiger partial charge in [-0.1, -0.05) is 5.92 Å². The van der Waals surface area contributed by atoms with Gasteiger partial charge in [0, 0.05) is 25.7 Å². The molecule has 0 aliphatic carbocycles. The van der Waals surface area contributed by atoms with Gasteiger partial charge in [-0.15, -0.1) is 5.92 Å². The molecule has 1 aromatic rings. The number of cyclic esters (lactones) is 1. The fraction of sp³-hybridized carbons (Fsp3) is 0.545. The molecule has 2 amide bonds. The number of nitrogens with zero attached hydrogens (tertiary/aromatic N) is 1. The summed E-state index contributed by atoms with van der Waals surface area (Å²) >= 11 is 0. The fourth-order valence-corrected chi connectivity index (χ4v) is 4.49. The summed E-state index contributed by atoms with van der Waals surface area (Å²) in [5.41, 5.74) is 2.62. The van der Waals surface area contributed by atoms with Crippen molar-refractivity contribution in [1.29, 1.82) is 0 Å². The maximum Gasteiger partial charge on any atom is 0.414 e. The van der Waals surface area contributed by atoms with Gasteiger partial charge in [0.05, 0.1) is 17.8 Å². The van der Waals surface area contributed by atoms with Crippen LogP contribution in [0, 0.1) is 17.7 Å². The lowest BCUT2D eigenvalue weighted by Crippen LogP contribution is -2.53. The monoisotopic (exact) mass is 482 g/mol. The maximum atomic E-state index is 14.2. The Bertz CT molecular complexity index is 1080. The Morgan fingerprint density at radius 1 is 1.39 bits per heavy atom. The highest BCUT2D eigenvalue weighted by molar-refractivity contribution is 7.92. The van der Waals surface area contributed by atoms with Crippen LogP contribution in [0.4, 0.5) is 14.9 Å². The van der Waals surface area contributed by atoms with E-state index in [9.17, 15) is 22.4 Å². The Hall–Kier alpha value is -2.68. The Morgan fingerprint density at radius 2 is 2.15 bits per heavy atom. The van der Waals surface area contributed by atoms with E-state index in [1.165, 1.54) is 24.0 Å². The van der Waals surface area contributed by atoms with Crippen LogP contribution in [0.25, 0.3) is 0 Å². The Balaban J connectivity index is 1.72. The topological polar surface area (TPSA) is 111 Å². The molecule has 0 aromatic heterocycles. The van der Waals surface area contributed by atoms with Gasteiger partial charge >= 0.3 is 6.09 Å². The fourth-order valence-electron chi connectivity index (χ4n) is 3.62. The number of carbonyl (C=O) groups excluding carboxylic acids is 2. The molecular formula is C22H27FN2O7S. The van der Waals surface area contributed by atoms with Crippen LogP contribution in [-0.2, 0) is 28.9 Å². The van der Waals surface area contributed by atoms with Crippen LogP contribution in [-0.4, -0.2) is 57.0 Å².